The monoisotopic (exact) mass is 501 g/mol. The van der Waals surface area contributed by atoms with Crippen molar-refractivity contribution in [3.63, 3.8) is 0 Å². The minimum Gasteiger partial charge on any atom is -0.474 e. The molecule has 1 unspecified atom stereocenters. The lowest BCUT2D eigenvalue weighted by molar-refractivity contribution is 0.0952. The fraction of sp³-hybridized carbons (Fsp3) is 0.407. The Morgan fingerprint density at radius 2 is 2.16 bits per heavy atom. The van der Waals surface area contributed by atoms with E-state index < -0.39 is 6.04 Å². The molecule has 2 aromatic heterocycles. The highest BCUT2D eigenvalue weighted by Crippen LogP contribution is 2.28. The quantitative estimate of drug-likeness (QED) is 0.152. The van der Waals surface area contributed by atoms with Gasteiger partial charge in [0.2, 0.25) is 5.90 Å². The minimum atomic E-state index is -0.524. The van der Waals surface area contributed by atoms with Gasteiger partial charge in [-0.2, -0.15) is 5.10 Å². The van der Waals surface area contributed by atoms with Gasteiger partial charge in [-0.25, -0.2) is 15.0 Å². The Morgan fingerprint density at radius 1 is 1.35 bits per heavy atom. The third-order valence-corrected chi connectivity index (χ3v) is 6.67. The number of nitrogens with zero attached hydrogens (tertiary/aromatic N) is 5. The van der Waals surface area contributed by atoms with E-state index in [1.165, 1.54) is 6.33 Å². The number of terminal acetylenes is 1. The van der Waals surface area contributed by atoms with E-state index in [2.05, 4.69) is 43.2 Å². The van der Waals surface area contributed by atoms with Crippen molar-refractivity contribution in [2.45, 2.75) is 38.8 Å². The molecular formula is C27H35N9O. The summed E-state index contributed by atoms with van der Waals surface area (Å²) in [5.41, 5.74) is 16.7. The molecule has 10 nitrogen and oxygen atoms in total. The predicted molar refractivity (Wildman–Crippen MR) is 146 cm³/mol. The molecule has 3 heterocycles. The number of rotatable bonds is 9. The smallest absolute Gasteiger partial charge is 0.217 e. The highest BCUT2D eigenvalue weighted by Gasteiger charge is 2.23. The zero-order chi connectivity index (χ0) is 26.2. The van der Waals surface area contributed by atoms with Gasteiger partial charge in [0.15, 0.2) is 0 Å². The van der Waals surface area contributed by atoms with Crippen LogP contribution in [-0.4, -0.2) is 69.8 Å². The molecule has 0 amide bonds. The van der Waals surface area contributed by atoms with Crippen LogP contribution in [0.1, 0.15) is 53.6 Å². The highest BCUT2D eigenvalue weighted by atomic mass is 16.5. The molecule has 1 aromatic carbocycles. The Labute approximate surface area is 217 Å². The summed E-state index contributed by atoms with van der Waals surface area (Å²) in [5.74, 6) is 4.25. The molecule has 1 atom stereocenters. The van der Waals surface area contributed by atoms with Crippen LogP contribution in [0.15, 0.2) is 41.9 Å². The van der Waals surface area contributed by atoms with E-state index >= 15 is 0 Å². The molecule has 1 fully saturated rings. The maximum absolute atomic E-state index is 6.50. The van der Waals surface area contributed by atoms with Gasteiger partial charge in [0, 0.05) is 37.0 Å². The van der Waals surface area contributed by atoms with E-state index in [0.29, 0.717) is 36.2 Å². The van der Waals surface area contributed by atoms with Crippen molar-refractivity contribution in [2.24, 2.45) is 10.7 Å². The lowest BCUT2D eigenvalue weighted by Gasteiger charge is -2.31. The lowest BCUT2D eigenvalue weighted by Crippen LogP contribution is -2.38. The van der Waals surface area contributed by atoms with Crippen LogP contribution in [0.3, 0.4) is 0 Å². The molecule has 0 bridgehead atoms. The van der Waals surface area contributed by atoms with E-state index in [0.717, 1.165) is 54.7 Å². The number of nitrogen functional groups attached to an aromatic ring is 1. The van der Waals surface area contributed by atoms with Crippen LogP contribution < -0.4 is 16.8 Å². The first-order valence-corrected chi connectivity index (χ1v) is 12.6. The molecule has 3 aromatic rings. The van der Waals surface area contributed by atoms with Gasteiger partial charge in [0.25, 0.3) is 0 Å². The van der Waals surface area contributed by atoms with E-state index in [-0.39, 0.29) is 6.10 Å². The van der Waals surface area contributed by atoms with Crippen molar-refractivity contribution in [1.82, 2.24) is 25.1 Å². The van der Waals surface area contributed by atoms with Crippen molar-refractivity contribution in [2.75, 3.05) is 43.8 Å². The van der Waals surface area contributed by atoms with E-state index in [1.54, 1.807) is 12.4 Å². The molecule has 6 N–H and O–H groups in total. The molecule has 37 heavy (non-hydrogen) atoms. The molecule has 0 radical (unpaired) electrons. The van der Waals surface area contributed by atoms with Gasteiger partial charge >= 0.3 is 0 Å². The fourth-order valence-electron chi connectivity index (χ4n) is 4.53. The van der Waals surface area contributed by atoms with Gasteiger partial charge < -0.3 is 26.4 Å². The number of benzene rings is 1. The number of nitrogens with two attached hydrogens (primary N) is 2. The molecule has 194 valence electrons. The van der Waals surface area contributed by atoms with Gasteiger partial charge in [-0.1, -0.05) is 25.0 Å². The van der Waals surface area contributed by atoms with Crippen LogP contribution in [-0.2, 0) is 4.74 Å². The highest BCUT2D eigenvalue weighted by molar-refractivity contribution is 5.98. The fourth-order valence-corrected chi connectivity index (χ4v) is 4.53. The normalized spacial score (nSPS) is 15.8. The summed E-state index contributed by atoms with van der Waals surface area (Å²) >= 11 is 0. The summed E-state index contributed by atoms with van der Waals surface area (Å²) in [6.07, 6.45) is 12.6. The third-order valence-electron chi connectivity index (χ3n) is 6.67. The summed E-state index contributed by atoms with van der Waals surface area (Å²) in [4.78, 5) is 15.8. The van der Waals surface area contributed by atoms with Gasteiger partial charge in [-0.3, -0.25) is 5.10 Å². The second-order valence-electron chi connectivity index (χ2n) is 9.04. The molecule has 0 aliphatic carbocycles. The molecule has 10 heteroatoms. The standard InChI is InChI=1S/C27H35N9O/c1-4-19-8-6-7-18(3)22(19)27(37-21-9-13-36(5-2)14-10-21)31-12-11-30-26-23(25(29)32-17-33-26)24(28)20-15-34-35-16-20/h1,6-8,15-17,21,24H,5,9-14,28H2,2-3H3,(H,34,35)(H3,29,30,32,33)/b31-27+. The van der Waals surface area contributed by atoms with Crippen molar-refractivity contribution >= 4 is 17.5 Å². The van der Waals surface area contributed by atoms with Gasteiger partial charge in [-0.15, -0.1) is 6.42 Å². The van der Waals surface area contributed by atoms with Crippen LogP contribution in [0.5, 0.6) is 0 Å². The van der Waals surface area contributed by atoms with Crippen LogP contribution in [0.25, 0.3) is 0 Å². The number of ether oxygens (including phenoxy) is 1. The van der Waals surface area contributed by atoms with Gasteiger partial charge in [0.1, 0.15) is 24.1 Å². The largest absolute Gasteiger partial charge is 0.474 e. The second-order valence-corrected chi connectivity index (χ2v) is 9.04. The zero-order valence-electron chi connectivity index (χ0n) is 21.4. The van der Waals surface area contributed by atoms with Crippen molar-refractivity contribution in [3.05, 3.63) is 64.7 Å². The number of piperidine rings is 1. The maximum atomic E-state index is 6.50. The summed E-state index contributed by atoms with van der Waals surface area (Å²) < 4.78 is 6.50. The Hall–Kier alpha value is -3.94. The number of nitrogens with one attached hydrogen (secondary N) is 2. The Balaban J connectivity index is 1.52. The molecule has 0 saturated carbocycles. The van der Waals surface area contributed by atoms with Crippen molar-refractivity contribution in [1.29, 1.82) is 0 Å². The summed E-state index contributed by atoms with van der Waals surface area (Å²) in [7, 11) is 0. The number of likely N-dealkylation sites (tertiary alicyclic amines) is 1. The molecule has 1 aliphatic heterocycles. The average molecular weight is 502 g/mol. The second kappa shape index (κ2) is 12.3. The molecular weight excluding hydrogens is 466 g/mol. The van der Waals surface area contributed by atoms with E-state index in [1.807, 2.05) is 25.1 Å². The Kier molecular flexibility index (Phi) is 8.72. The van der Waals surface area contributed by atoms with Crippen LogP contribution in [0.4, 0.5) is 11.6 Å². The number of aliphatic imine (C=N–C) groups is 1. The minimum absolute atomic E-state index is 0.0981. The van der Waals surface area contributed by atoms with Gasteiger partial charge in [-0.05, 0) is 37.9 Å². The first kappa shape index (κ1) is 26.1. The molecule has 4 rings (SSSR count). The first-order chi connectivity index (χ1) is 18.0. The molecule has 0 spiro atoms. The summed E-state index contributed by atoms with van der Waals surface area (Å²) in [5, 5.41) is 10.1. The number of H-pyrrole nitrogens is 1. The van der Waals surface area contributed by atoms with Gasteiger partial charge in [0.05, 0.1) is 29.9 Å². The number of aryl methyl sites for hydroxylation is 1. The van der Waals surface area contributed by atoms with Crippen LogP contribution in [0.2, 0.25) is 0 Å². The van der Waals surface area contributed by atoms with E-state index in [4.69, 9.17) is 27.6 Å². The predicted octanol–water partition coefficient (Wildman–Crippen LogP) is 2.48. The lowest BCUT2D eigenvalue weighted by atomic mass is 10.0. The molecule has 1 saturated heterocycles. The average Bonchev–Trinajstić information content (AvgIpc) is 3.46. The summed E-state index contributed by atoms with van der Waals surface area (Å²) in [6, 6.07) is 5.38. The zero-order valence-corrected chi connectivity index (χ0v) is 21.4. The van der Waals surface area contributed by atoms with Crippen LogP contribution in [0, 0.1) is 19.3 Å². The van der Waals surface area contributed by atoms with E-state index in [9.17, 15) is 0 Å². The Bertz CT molecular complexity index is 1240. The summed E-state index contributed by atoms with van der Waals surface area (Å²) in [6.45, 7) is 8.22. The number of anilines is 2. The third kappa shape index (κ3) is 6.25. The SMILES string of the molecule is C#Cc1cccc(C)c1/C(=N\CCNc1ncnc(N)c1C(N)c1cn[nH]c1)OC1CCN(CC)CC1. The van der Waals surface area contributed by atoms with Crippen molar-refractivity contribution in [3.8, 4) is 12.3 Å². The maximum Gasteiger partial charge on any atom is 0.217 e. The van der Waals surface area contributed by atoms with Crippen LogP contribution >= 0.6 is 0 Å². The Morgan fingerprint density at radius 3 is 2.86 bits per heavy atom. The number of hydrogen-bond donors (Lipinski definition) is 4. The number of hydrogen-bond acceptors (Lipinski definition) is 9. The number of aromatic nitrogens is 4. The number of aromatic amines is 1. The van der Waals surface area contributed by atoms with Crippen molar-refractivity contribution < 1.29 is 4.74 Å². The molecule has 1 aliphatic rings. The first-order valence-electron chi connectivity index (χ1n) is 12.6. The topological polar surface area (TPSA) is 143 Å².